The normalized spacial score (nSPS) is 10.5. The molecular formula is C7H4ClN3O2. The van der Waals surface area contributed by atoms with Gasteiger partial charge in [-0.05, 0) is 22.6 Å². The molecule has 2 aromatic rings. The van der Waals surface area contributed by atoms with Crippen molar-refractivity contribution in [2.24, 2.45) is 0 Å². The number of fused-ring (bicyclic) bond motifs is 1. The highest BCUT2D eigenvalue weighted by molar-refractivity contribution is 6.29. The second-order valence-corrected chi connectivity index (χ2v) is 2.80. The van der Waals surface area contributed by atoms with E-state index in [1.54, 1.807) is 18.2 Å². The number of nitro groups is 1. The Bertz CT molecular complexity index is 480. The molecule has 0 aromatic carbocycles. The minimum atomic E-state index is -0.522. The van der Waals surface area contributed by atoms with Crippen LogP contribution in [0.3, 0.4) is 0 Å². The van der Waals surface area contributed by atoms with Gasteiger partial charge in [0.2, 0.25) is 10.8 Å². The summed E-state index contributed by atoms with van der Waals surface area (Å²) in [6, 6.07) is 4.91. The number of halogens is 1. The van der Waals surface area contributed by atoms with Gasteiger partial charge in [-0.25, -0.2) is 4.98 Å². The van der Waals surface area contributed by atoms with Crippen molar-refractivity contribution < 1.29 is 4.92 Å². The summed E-state index contributed by atoms with van der Waals surface area (Å²) < 4.78 is 1.28. The molecule has 0 aliphatic heterocycles. The molecule has 0 saturated heterocycles. The fourth-order valence-electron chi connectivity index (χ4n) is 1.11. The summed E-state index contributed by atoms with van der Waals surface area (Å²) >= 11 is 5.77. The van der Waals surface area contributed by atoms with Crippen LogP contribution in [-0.2, 0) is 0 Å². The topological polar surface area (TPSA) is 60.4 Å². The van der Waals surface area contributed by atoms with Crippen molar-refractivity contribution in [3.8, 4) is 0 Å². The Morgan fingerprint density at radius 3 is 3.00 bits per heavy atom. The lowest BCUT2D eigenvalue weighted by Crippen LogP contribution is -1.94. The van der Waals surface area contributed by atoms with Crippen molar-refractivity contribution in [3.63, 3.8) is 0 Å². The molecule has 0 N–H and O–H groups in total. The van der Waals surface area contributed by atoms with Crippen LogP contribution in [0.5, 0.6) is 0 Å². The van der Waals surface area contributed by atoms with Crippen LogP contribution >= 0.6 is 11.6 Å². The summed E-state index contributed by atoms with van der Waals surface area (Å²) in [5.41, 5.74) is 0.471. The van der Waals surface area contributed by atoms with E-state index in [0.717, 1.165) is 0 Å². The van der Waals surface area contributed by atoms with Gasteiger partial charge in [0.1, 0.15) is 6.20 Å². The molecule has 0 unspecified atom stereocenters. The predicted octanol–water partition coefficient (Wildman–Crippen LogP) is 1.90. The monoisotopic (exact) mass is 197 g/mol. The molecule has 0 atom stereocenters. The van der Waals surface area contributed by atoms with Crippen molar-refractivity contribution in [1.29, 1.82) is 0 Å². The van der Waals surface area contributed by atoms with E-state index in [0.29, 0.717) is 5.65 Å². The lowest BCUT2D eigenvalue weighted by molar-refractivity contribution is -0.390. The Labute approximate surface area is 77.7 Å². The molecule has 2 rings (SSSR count). The fourth-order valence-corrected chi connectivity index (χ4v) is 1.36. The number of imidazole rings is 1. The van der Waals surface area contributed by atoms with E-state index in [1.165, 1.54) is 10.6 Å². The molecule has 6 heteroatoms. The van der Waals surface area contributed by atoms with Crippen LogP contribution in [-0.4, -0.2) is 14.3 Å². The maximum Gasteiger partial charge on any atom is 0.349 e. The van der Waals surface area contributed by atoms with E-state index in [9.17, 15) is 10.1 Å². The van der Waals surface area contributed by atoms with Gasteiger partial charge in [-0.15, -0.1) is 0 Å². The van der Waals surface area contributed by atoms with E-state index < -0.39 is 4.92 Å². The number of hydrogen-bond donors (Lipinski definition) is 0. The van der Waals surface area contributed by atoms with Crippen molar-refractivity contribution in [3.05, 3.63) is 39.7 Å². The first-order valence-electron chi connectivity index (χ1n) is 3.46. The zero-order chi connectivity index (χ0) is 9.42. The van der Waals surface area contributed by atoms with Gasteiger partial charge < -0.3 is 10.1 Å². The van der Waals surface area contributed by atoms with E-state index in [-0.39, 0.29) is 11.0 Å². The minimum Gasteiger partial charge on any atom is -0.358 e. The molecule has 0 radical (unpaired) electrons. The average molecular weight is 198 g/mol. The lowest BCUT2D eigenvalue weighted by Gasteiger charge is -1.93. The SMILES string of the molecule is O=[N+]([O-])c1cnc2cccc(Cl)n12. The Kier molecular flexibility index (Phi) is 1.66. The van der Waals surface area contributed by atoms with Gasteiger partial charge in [0.25, 0.3) is 0 Å². The molecule has 0 fully saturated rings. The predicted molar refractivity (Wildman–Crippen MR) is 46.9 cm³/mol. The summed E-state index contributed by atoms with van der Waals surface area (Å²) in [6.07, 6.45) is 1.18. The molecule has 13 heavy (non-hydrogen) atoms. The van der Waals surface area contributed by atoms with Crippen LogP contribution < -0.4 is 0 Å². The third-order valence-electron chi connectivity index (χ3n) is 1.65. The zero-order valence-electron chi connectivity index (χ0n) is 6.35. The first-order chi connectivity index (χ1) is 6.20. The maximum absolute atomic E-state index is 10.5. The average Bonchev–Trinajstić information content (AvgIpc) is 2.49. The summed E-state index contributed by atoms with van der Waals surface area (Å²) in [6.45, 7) is 0. The lowest BCUT2D eigenvalue weighted by atomic mass is 10.5. The highest BCUT2D eigenvalue weighted by Crippen LogP contribution is 2.19. The van der Waals surface area contributed by atoms with Crippen LogP contribution in [0, 0.1) is 10.1 Å². The van der Waals surface area contributed by atoms with E-state index >= 15 is 0 Å². The third kappa shape index (κ3) is 1.13. The molecule has 0 saturated carbocycles. The molecule has 0 aliphatic rings. The minimum absolute atomic E-state index is 0.124. The van der Waals surface area contributed by atoms with E-state index in [4.69, 9.17) is 11.6 Å². The summed E-state index contributed by atoms with van der Waals surface area (Å²) in [7, 11) is 0. The van der Waals surface area contributed by atoms with Gasteiger partial charge in [-0.1, -0.05) is 6.07 Å². The standard InChI is InChI=1S/C7H4ClN3O2/c8-5-2-1-3-6-9-4-7(10(5)6)11(12)13/h1-4H. The number of pyridine rings is 1. The van der Waals surface area contributed by atoms with Crippen LogP contribution in [0.25, 0.3) is 5.65 Å². The number of hydrogen-bond acceptors (Lipinski definition) is 3. The van der Waals surface area contributed by atoms with Gasteiger partial charge in [0.15, 0.2) is 0 Å². The molecule has 0 amide bonds. The zero-order valence-corrected chi connectivity index (χ0v) is 7.10. The second kappa shape index (κ2) is 2.70. The van der Waals surface area contributed by atoms with E-state index in [2.05, 4.69) is 4.98 Å². The highest BCUT2D eigenvalue weighted by Gasteiger charge is 2.15. The molecule has 66 valence electrons. The van der Waals surface area contributed by atoms with Crippen LogP contribution in [0.2, 0.25) is 5.15 Å². The molecular weight excluding hydrogens is 194 g/mol. The molecule has 0 bridgehead atoms. The Hall–Kier alpha value is -1.62. The largest absolute Gasteiger partial charge is 0.358 e. The summed E-state index contributed by atoms with van der Waals surface area (Å²) in [4.78, 5) is 13.8. The molecule has 2 heterocycles. The van der Waals surface area contributed by atoms with Gasteiger partial charge in [-0.3, -0.25) is 0 Å². The maximum atomic E-state index is 10.5. The Morgan fingerprint density at radius 1 is 1.54 bits per heavy atom. The van der Waals surface area contributed by atoms with Crippen LogP contribution in [0.15, 0.2) is 24.4 Å². The van der Waals surface area contributed by atoms with Crippen molar-refractivity contribution >= 4 is 23.1 Å². The smallest absolute Gasteiger partial charge is 0.349 e. The van der Waals surface area contributed by atoms with Gasteiger partial charge >= 0.3 is 5.82 Å². The molecule has 0 spiro atoms. The van der Waals surface area contributed by atoms with E-state index in [1.807, 2.05) is 0 Å². The molecule has 0 aliphatic carbocycles. The quantitative estimate of drug-likeness (QED) is 0.399. The van der Waals surface area contributed by atoms with Gasteiger partial charge in [0, 0.05) is 6.07 Å². The van der Waals surface area contributed by atoms with Crippen molar-refractivity contribution in [1.82, 2.24) is 9.38 Å². The van der Waals surface area contributed by atoms with Gasteiger partial charge in [-0.2, -0.15) is 4.40 Å². The Balaban J connectivity index is 2.86. The number of nitrogens with zero attached hydrogens (tertiary/aromatic N) is 3. The Morgan fingerprint density at radius 2 is 2.31 bits per heavy atom. The third-order valence-corrected chi connectivity index (χ3v) is 1.95. The highest BCUT2D eigenvalue weighted by atomic mass is 35.5. The van der Waals surface area contributed by atoms with Crippen molar-refractivity contribution in [2.45, 2.75) is 0 Å². The fraction of sp³-hybridized carbons (Fsp3) is 0. The first kappa shape index (κ1) is 8.00. The van der Waals surface area contributed by atoms with Crippen LogP contribution in [0.4, 0.5) is 5.82 Å². The summed E-state index contributed by atoms with van der Waals surface area (Å²) in [5.74, 6) is -0.124. The van der Waals surface area contributed by atoms with Crippen LogP contribution in [0.1, 0.15) is 0 Å². The molecule has 2 aromatic heterocycles. The van der Waals surface area contributed by atoms with Crippen molar-refractivity contribution in [2.75, 3.05) is 0 Å². The number of rotatable bonds is 1. The molecule has 5 nitrogen and oxygen atoms in total. The van der Waals surface area contributed by atoms with Gasteiger partial charge in [0.05, 0.1) is 0 Å². The summed E-state index contributed by atoms with van der Waals surface area (Å²) in [5, 5.41) is 10.8. The second-order valence-electron chi connectivity index (χ2n) is 2.42. The number of aromatic nitrogens is 2. The first-order valence-corrected chi connectivity index (χ1v) is 3.84.